The number of benzene rings is 4. The molecule has 0 bridgehead atoms. The number of rotatable bonds is 4. The maximum atomic E-state index is 4.88. The highest BCUT2D eigenvalue weighted by atomic mass is 28.3. The van der Waals surface area contributed by atoms with Gasteiger partial charge in [-0.25, -0.2) is 15.0 Å². The van der Waals surface area contributed by atoms with Crippen LogP contribution in [0.4, 0.5) is 0 Å². The first kappa shape index (κ1) is 20.7. The monoisotopic (exact) mass is 455 g/mol. The average Bonchev–Trinajstić information content (AvgIpc) is 3.11. The Morgan fingerprint density at radius 1 is 0.559 bits per heavy atom. The van der Waals surface area contributed by atoms with E-state index in [1.165, 1.54) is 27.1 Å². The van der Waals surface area contributed by atoms with Gasteiger partial charge < -0.3 is 0 Å². The fourth-order valence-electron chi connectivity index (χ4n) is 4.99. The minimum Gasteiger partial charge on any atom is -0.213 e. The molecule has 0 atom stereocenters. The van der Waals surface area contributed by atoms with Gasteiger partial charge in [-0.15, -0.1) is 0 Å². The lowest BCUT2D eigenvalue weighted by Crippen LogP contribution is -2.49. The van der Waals surface area contributed by atoms with E-state index in [0.29, 0.717) is 18.1 Å². The zero-order valence-electron chi connectivity index (χ0n) is 19.4. The van der Waals surface area contributed by atoms with Crippen LogP contribution in [0.25, 0.3) is 33.9 Å². The van der Waals surface area contributed by atoms with Crippen molar-refractivity contribution >= 4 is 18.4 Å². The van der Waals surface area contributed by atoms with Crippen LogP contribution in [0.2, 0.25) is 13.1 Å². The Kier molecular flexibility index (Phi) is 4.96. The molecule has 0 saturated carbocycles. The molecule has 4 heteroatoms. The van der Waals surface area contributed by atoms with Gasteiger partial charge in [0.15, 0.2) is 11.6 Å². The molecule has 6 rings (SSSR count). The summed E-state index contributed by atoms with van der Waals surface area (Å²) in [6, 6.07) is 36.1. The fourth-order valence-corrected chi connectivity index (χ4v) is 8.07. The van der Waals surface area contributed by atoms with Crippen molar-refractivity contribution in [3.8, 4) is 33.9 Å². The minimum atomic E-state index is -1.64. The summed E-state index contributed by atoms with van der Waals surface area (Å²) in [5, 5.41) is 3.04. The molecule has 3 nitrogen and oxygen atoms in total. The number of hydrogen-bond acceptors (Lipinski definition) is 3. The van der Waals surface area contributed by atoms with Gasteiger partial charge in [-0.1, -0.05) is 116 Å². The van der Waals surface area contributed by atoms with E-state index < -0.39 is 8.07 Å². The lowest BCUT2D eigenvalue weighted by molar-refractivity contribution is 0.933. The van der Waals surface area contributed by atoms with Crippen molar-refractivity contribution in [1.82, 2.24) is 15.0 Å². The molecule has 34 heavy (non-hydrogen) atoms. The first-order valence-electron chi connectivity index (χ1n) is 11.7. The Bertz CT molecular complexity index is 1440. The second-order valence-corrected chi connectivity index (χ2v) is 13.7. The number of hydrogen-bond donors (Lipinski definition) is 0. The first-order valence-corrected chi connectivity index (χ1v) is 14.7. The maximum Gasteiger partial charge on any atom is 0.163 e. The van der Waals surface area contributed by atoms with Crippen molar-refractivity contribution in [2.75, 3.05) is 0 Å². The van der Waals surface area contributed by atoms with Crippen molar-refractivity contribution in [1.29, 1.82) is 0 Å². The van der Waals surface area contributed by atoms with Crippen molar-refractivity contribution in [3.63, 3.8) is 0 Å². The van der Waals surface area contributed by atoms with E-state index in [2.05, 4.69) is 55.6 Å². The molecule has 4 aromatic carbocycles. The summed E-state index contributed by atoms with van der Waals surface area (Å²) >= 11 is 0. The maximum absolute atomic E-state index is 4.88. The van der Waals surface area contributed by atoms with Gasteiger partial charge in [0.25, 0.3) is 0 Å². The zero-order chi connectivity index (χ0) is 23.1. The summed E-state index contributed by atoms with van der Waals surface area (Å²) in [5.41, 5.74) is 5.99. The smallest absolute Gasteiger partial charge is 0.163 e. The molecule has 164 valence electrons. The lowest BCUT2D eigenvalue weighted by atomic mass is 10.0. The lowest BCUT2D eigenvalue weighted by Gasteiger charge is -2.18. The van der Waals surface area contributed by atoms with Gasteiger partial charge in [-0.05, 0) is 27.1 Å². The van der Waals surface area contributed by atoms with Crippen LogP contribution in [0.15, 0.2) is 103 Å². The number of aromatic nitrogens is 3. The Labute approximate surface area is 201 Å². The topological polar surface area (TPSA) is 38.7 Å². The second-order valence-electron chi connectivity index (χ2n) is 9.36. The normalized spacial score (nSPS) is 13.4. The molecule has 1 aliphatic rings. The molecule has 0 saturated heterocycles. The van der Waals surface area contributed by atoms with Gasteiger partial charge >= 0.3 is 0 Å². The molecule has 1 aliphatic heterocycles. The van der Waals surface area contributed by atoms with Crippen LogP contribution >= 0.6 is 0 Å². The van der Waals surface area contributed by atoms with Crippen LogP contribution in [0.5, 0.6) is 0 Å². The van der Waals surface area contributed by atoms with Crippen LogP contribution in [-0.2, 0) is 6.42 Å². The highest BCUT2D eigenvalue weighted by molar-refractivity contribution is 7.03. The number of fused-ring (bicyclic) bond motifs is 3. The predicted octanol–water partition coefficient (Wildman–Crippen LogP) is 5.60. The van der Waals surface area contributed by atoms with Gasteiger partial charge in [0.1, 0.15) is 13.9 Å². The molecule has 0 N–H and O–H groups in total. The Morgan fingerprint density at radius 3 is 1.76 bits per heavy atom. The average molecular weight is 456 g/mol. The molecule has 1 aromatic heterocycles. The van der Waals surface area contributed by atoms with Gasteiger partial charge in [0.2, 0.25) is 0 Å². The quantitative estimate of drug-likeness (QED) is 0.331. The zero-order valence-corrected chi connectivity index (χ0v) is 20.4. The molecule has 0 amide bonds. The van der Waals surface area contributed by atoms with Crippen molar-refractivity contribution in [2.24, 2.45) is 0 Å². The summed E-state index contributed by atoms with van der Waals surface area (Å²) in [7, 11) is -1.64. The van der Waals surface area contributed by atoms with Crippen molar-refractivity contribution in [2.45, 2.75) is 19.5 Å². The van der Waals surface area contributed by atoms with Crippen LogP contribution < -0.4 is 10.4 Å². The van der Waals surface area contributed by atoms with Gasteiger partial charge in [-0.3, -0.25) is 0 Å². The van der Waals surface area contributed by atoms with Gasteiger partial charge in [-0.2, -0.15) is 0 Å². The molecule has 0 spiro atoms. The molecular formula is C30H25N3Si. The van der Waals surface area contributed by atoms with E-state index in [-0.39, 0.29) is 0 Å². The van der Waals surface area contributed by atoms with E-state index in [0.717, 1.165) is 17.0 Å². The molecule has 0 aliphatic carbocycles. The first-order chi connectivity index (χ1) is 16.6. The molecule has 0 unspecified atom stereocenters. The Hall–Kier alpha value is -3.89. The van der Waals surface area contributed by atoms with Crippen LogP contribution in [-0.4, -0.2) is 23.0 Å². The highest BCUT2D eigenvalue weighted by Gasteiger charge is 2.36. The van der Waals surface area contributed by atoms with Gasteiger partial charge in [0, 0.05) is 17.5 Å². The van der Waals surface area contributed by atoms with E-state index in [1.807, 2.05) is 60.7 Å². The molecule has 0 radical (unpaired) electrons. The summed E-state index contributed by atoms with van der Waals surface area (Å²) in [4.78, 5) is 14.6. The van der Waals surface area contributed by atoms with Crippen molar-refractivity contribution < 1.29 is 0 Å². The van der Waals surface area contributed by atoms with Crippen molar-refractivity contribution in [3.05, 3.63) is 115 Å². The van der Waals surface area contributed by atoms with Crippen LogP contribution in [0, 0.1) is 0 Å². The Balaban J connectivity index is 1.43. The largest absolute Gasteiger partial charge is 0.213 e. The highest BCUT2D eigenvalue weighted by Crippen LogP contribution is 2.29. The summed E-state index contributed by atoms with van der Waals surface area (Å²) < 4.78 is 0. The van der Waals surface area contributed by atoms with Gasteiger partial charge in [0.05, 0.1) is 0 Å². The minimum absolute atomic E-state index is 0.666. The molecule has 2 heterocycles. The van der Waals surface area contributed by atoms with E-state index in [4.69, 9.17) is 15.0 Å². The fraction of sp³-hybridized carbons (Fsp3) is 0.100. The van der Waals surface area contributed by atoms with E-state index in [9.17, 15) is 0 Å². The number of nitrogens with zero attached hydrogens (tertiary/aromatic N) is 3. The molecule has 0 fully saturated rings. The third kappa shape index (κ3) is 3.57. The predicted molar refractivity (Wildman–Crippen MR) is 142 cm³/mol. The Morgan fingerprint density at radius 2 is 1.12 bits per heavy atom. The third-order valence-corrected chi connectivity index (χ3v) is 10.3. The molecule has 5 aromatic rings. The standard InChI is InChI=1S/C30H25N3Si/c1-34(2)26-16-10-9-15-24(26)25-19-21(17-18-27(25)34)20-28-31-29(22-11-5-3-6-12-22)33-30(32-28)23-13-7-4-8-14-23/h3-19H,20H2,1-2H3. The third-order valence-electron chi connectivity index (χ3n) is 6.76. The summed E-state index contributed by atoms with van der Waals surface area (Å²) in [6.07, 6.45) is 0.666. The van der Waals surface area contributed by atoms with E-state index >= 15 is 0 Å². The summed E-state index contributed by atoms with van der Waals surface area (Å²) in [5.74, 6) is 2.21. The van der Waals surface area contributed by atoms with Crippen LogP contribution in [0.1, 0.15) is 11.4 Å². The second kappa shape index (κ2) is 8.15. The van der Waals surface area contributed by atoms with E-state index in [1.54, 1.807) is 0 Å². The van der Waals surface area contributed by atoms with Crippen LogP contribution in [0.3, 0.4) is 0 Å². The summed E-state index contributed by atoms with van der Waals surface area (Å²) in [6.45, 7) is 4.89. The molecular weight excluding hydrogens is 430 g/mol. The SMILES string of the molecule is C[Si]1(C)c2ccccc2-c2cc(Cc3nc(-c4ccccc4)nc(-c4ccccc4)n3)ccc21.